The van der Waals surface area contributed by atoms with Crippen molar-refractivity contribution in [1.82, 2.24) is 19.9 Å². The van der Waals surface area contributed by atoms with Crippen molar-refractivity contribution in [1.29, 1.82) is 0 Å². The van der Waals surface area contributed by atoms with Crippen molar-refractivity contribution < 1.29 is 32.2 Å². The summed E-state index contributed by atoms with van der Waals surface area (Å²) in [6.07, 6.45) is 2.89. The SMILES string of the molecule is CCOC(=O)c1cc(-c2nc(NS(=O)(=O)c3ccc(C(C)C)cn3)c(Oc3ccccc3OC)c(OC)n2)ccn1. The molecule has 4 rings (SSSR count). The second-order valence-electron chi connectivity index (χ2n) is 8.83. The van der Waals surface area contributed by atoms with Crippen LogP contribution >= 0.6 is 0 Å². The number of para-hydroxylation sites is 2. The lowest BCUT2D eigenvalue weighted by molar-refractivity contribution is 0.0519. The molecule has 0 bridgehead atoms. The van der Waals surface area contributed by atoms with Crippen LogP contribution in [0.2, 0.25) is 0 Å². The molecule has 13 heteroatoms. The molecule has 0 saturated heterocycles. The Morgan fingerprint density at radius 2 is 1.73 bits per heavy atom. The van der Waals surface area contributed by atoms with Gasteiger partial charge in [-0.05, 0) is 48.7 Å². The predicted molar refractivity (Wildman–Crippen MR) is 150 cm³/mol. The van der Waals surface area contributed by atoms with Gasteiger partial charge in [-0.15, -0.1) is 0 Å². The second-order valence-corrected chi connectivity index (χ2v) is 10.5. The van der Waals surface area contributed by atoms with Crippen LogP contribution in [0, 0.1) is 0 Å². The molecule has 41 heavy (non-hydrogen) atoms. The standard InChI is InChI=1S/C28H29N5O7S/c1-6-39-28(34)20-15-18(13-14-29-20)25-31-26(33-41(35,36)23-12-11-19(16-30-23)17(2)3)24(27(32-25)38-5)40-22-10-8-7-9-21(22)37-4/h7-17H,6H2,1-5H3,(H,31,32,33). The van der Waals surface area contributed by atoms with E-state index in [2.05, 4.69) is 24.7 Å². The van der Waals surface area contributed by atoms with Gasteiger partial charge in [0.2, 0.25) is 5.75 Å². The lowest BCUT2D eigenvalue weighted by Gasteiger charge is -2.17. The van der Waals surface area contributed by atoms with Crippen LogP contribution in [0.4, 0.5) is 5.82 Å². The number of rotatable bonds is 11. The van der Waals surface area contributed by atoms with Gasteiger partial charge in [0.05, 0.1) is 20.8 Å². The van der Waals surface area contributed by atoms with Crippen molar-refractivity contribution in [2.24, 2.45) is 0 Å². The highest BCUT2D eigenvalue weighted by atomic mass is 32.2. The van der Waals surface area contributed by atoms with E-state index < -0.39 is 16.0 Å². The zero-order valence-electron chi connectivity index (χ0n) is 23.1. The van der Waals surface area contributed by atoms with E-state index >= 15 is 0 Å². The maximum absolute atomic E-state index is 13.4. The lowest BCUT2D eigenvalue weighted by Crippen LogP contribution is -2.17. The van der Waals surface area contributed by atoms with Crippen LogP contribution in [-0.4, -0.2) is 55.1 Å². The minimum Gasteiger partial charge on any atom is -0.493 e. The van der Waals surface area contributed by atoms with Gasteiger partial charge in [-0.25, -0.2) is 19.7 Å². The first-order chi connectivity index (χ1) is 19.7. The third-order valence-corrected chi connectivity index (χ3v) is 7.00. The van der Waals surface area contributed by atoms with E-state index in [1.807, 2.05) is 13.8 Å². The molecule has 12 nitrogen and oxygen atoms in total. The number of nitrogens with one attached hydrogen (secondary N) is 1. The molecule has 0 aliphatic heterocycles. The van der Waals surface area contributed by atoms with Gasteiger partial charge in [0.1, 0.15) is 5.69 Å². The molecule has 214 valence electrons. The number of hydrogen-bond donors (Lipinski definition) is 1. The molecule has 1 N–H and O–H groups in total. The number of nitrogens with zero attached hydrogens (tertiary/aromatic N) is 4. The number of anilines is 1. The minimum atomic E-state index is -4.24. The van der Waals surface area contributed by atoms with Gasteiger partial charge in [0, 0.05) is 18.0 Å². The molecule has 3 aromatic heterocycles. The van der Waals surface area contributed by atoms with Gasteiger partial charge >= 0.3 is 5.97 Å². The highest BCUT2D eigenvalue weighted by molar-refractivity contribution is 7.92. The van der Waals surface area contributed by atoms with Crippen LogP contribution in [0.5, 0.6) is 23.1 Å². The third-order valence-electron chi connectivity index (χ3n) is 5.74. The fourth-order valence-corrected chi connectivity index (χ4v) is 4.57. The van der Waals surface area contributed by atoms with Crippen LogP contribution < -0.4 is 18.9 Å². The van der Waals surface area contributed by atoms with E-state index in [0.29, 0.717) is 11.3 Å². The zero-order valence-corrected chi connectivity index (χ0v) is 23.9. The number of hydrogen-bond acceptors (Lipinski definition) is 11. The summed E-state index contributed by atoms with van der Waals surface area (Å²) >= 11 is 0. The highest BCUT2D eigenvalue weighted by Gasteiger charge is 2.26. The molecule has 0 aliphatic rings. The Hall–Kier alpha value is -4.78. The van der Waals surface area contributed by atoms with E-state index in [-0.39, 0.29) is 52.3 Å². The topological polar surface area (TPSA) is 152 Å². The van der Waals surface area contributed by atoms with Crippen LogP contribution in [0.25, 0.3) is 11.4 Å². The van der Waals surface area contributed by atoms with E-state index in [4.69, 9.17) is 18.9 Å². The molecular weight excluding hydrogens is 550 g/mol. The van der Waals surface area contributed by atoms with Gasteiger partial charge < -0.3 is 18.9 Å². The normalized spacial score (nSPS) is 11.2. The Bertz CT molecular complexity index is 1640. The second kappa shape index (κ2) is 12.6. The third kappa shape index (κ3) is 6.69. The van der Waals surface area contributed by atoms with Crippen molar-refractivity contribution in [2.75, 3.05) is 25.5 Å². The summed E-state index contributed by atoms with van der Waals surface area (Å²) in [4.78, 5) is 29.3. The summed E-state index contributed by atoms with van der Waals surface area (Å²) in [7, 11) is -1.42. The van der Waals surface area contributed by atoms with Crippen molar-refractivity contribution in [3.05, 3.63) is 72.2 Å². The number of aromatic nitrogens is 4. The Morgan fingerprint density at radius 3 is 2.37 bits per heavy atom. The highest BCUT2D eigenvalue weighted by Crippen LogP contribution is 2.41. The number of ether oxygens (including phenoxy) is 4. The number of carbonyl (C=O) groups excluding carboxylic acids is 1. The predicted octanol–water partition coefficient (Wildman–Crippen LogP) is 4.84. The first-order valence-electron chi connectivity index (χ1n) is 12.6. The smallest absolute Gasteiger partial charge is 0.356 e. The molecule has 4 aromatic rings. The van der Waals surface area contributed by atoms with Crippen LogP contribution in [0.1, 0.15) is 42.7 Å². The quantitative estimate of drug-likeness (QED) is 0.243. The Kier molecular flexibility index (Phi) is 8.97. The maximum atomic E-state index is 13.4. The first kappa shape index (κ1) is 29.2. The summed E-state index contributed by atoms with van der Waals surface area (Å²) in [6.45, 7) is 5.81. The van der Waals surface area contributed by atoms with Crippen molar-refractivity contribution in [3.8, 4) is 34.5 Å². The van der Waals surface area contributed by atoms with Crippen LogP contribution in [0.15, 0.2) is 66.0 Å². The minimum absolute atomic E-state index is 0.0258. The Balaban J connectivity index is 1.85. The summed E-state index contributed by atoms with van der Waals surface area (Å²) in [6, 6.07) is 12.9. The molecule has 3 heterocycles. The van der Waals surface area contributed by atoms with Gasteiger partial charge in [-0.1, -0.05) is 32.0 Å². The van der Waals surface area contributed by atoms with Crippen molar-refractivity contribution in [2.45, 2.75) is 31.7 Å². The fourth-order valence-electron chi connectivity index (χ4n) is 3.63. The average Bonchev–Trinajstić information content (AvgIpc) is 2.98. The number of methoxy groups -OCH3 is 2. The van der Waals surface area contributed by atoms with Crippen molar-refractivity contribution in [3.63, 3.8) is 0 Å². The summed E-state index contributed by atoms with van der Waals surface area (Å²) < 4.78 is 51.3. The number of carbonyl (C=O) groups is 1. The molecule has 0 spiro atoms. The maximum Gasteiger partial charge on any atom is 0.356 e. The summed E-state index contributed by atoms with van der Waals surface area (Å²) in [5, 5.41) is -0.224. The number of benzene rings is 1. The monoisotopic (exact) mass is 579 g/mol. The van der Waals surface area contributed by atoms with Crippen LogP contribution in [-0.2, 0) is 14.8 Å². The van der Waals surface area contributed by atoms with E-state index in [0.717, 1.165) is 5.56 Å². The van der Waals surface area contributed by atoms with E-state index in [1.54, 1.807) is 43.3 Å². The van der Waals surface area contributed by atoms with E-state index in [9.17, 15) is 13.2 Å². The molecular formula is C28H29N5O7S. The zero-order chi connectivity index (χ0) is 29.6. The Labute approximate surface area is 237 Å². The average molecular weight is 580 g/mol. The molecule has 0 amide bonds. The van der Waals surface area contributed by atoms with Crippen molar-refractivity contribution >= 4 is 21.8 Å². The fraction of sp³-hybridized carbons (Fsp3) is 0.250. The lowest BCUT2D eigenvalue weighted by atomic mass is 10.1. The number of sulfonamides is 1. The molecule has 0 atom stereocenters. The molecule has 0 saturated carbocycles. The first-order valence-corrected chi connectivity index (χ1v) is 14.0. The van der Waals surface area contributed by atoms with E-state index in [1.165, 1.54) is 38.7 Å². The molecule has 0 radical (unpaired) electrons. The number of esters is 1. The molecule has 0 fully saturated rings. The molecule has 1 aromatic carbocycles. The molecule has 0 aliphatic carbocycles. The summed E-state index contributed by atoms with van der Waals surface area (Å²) in [5.74, 6) is -0.232. The Morgan fingerprint density at radius 1 is 0.976 bits per heavy atom. The van der Waals surface area contributed by atoms with Crippen LogP contribution in [0.3, 0.4) is 0 Å². The van der Waals surface area contributed by atoms with Gasteiger partial charge in [0.25, 0.3) is 15.9 Å². The molecule has 0 unspecified atom stereocenters. The van der Waals surface area contributed by atoms with Gasteiger partial charge in [-0.3, -0.25) is 4.72 Å². The number of pyridine rings is 2. The van der Waals surface area contributed by atoms with Gasteiger partial charge in [-0.2, -0.15) is 13.4 Å². The largest absolute Gasteiger partial charge is 0.493 e. The summed E-state index contributed by atoms with van der Waals surface area (Å²) in [5.41, 5.74) is 1.26. The van der Waals surface area contributed by atoms with Gasteiger partial charge in [0.15, 0.2) is 28.2 Å².